The molecule has 42 heavy (non-hydrogen) atoms. The van der Waals surface area contributed by atoms with Crippen LogP contribution >= 0.6 is 0 Å². The monoisotopic (exact) mass is 540 g/mol. The third-order valence-electron chi connectivity index (χ3n) is 7.83. The summed E-state index contributed by atoms with van der Waals surface area (Å²) >= 11 is 0. The van der Waals surface area contributed by atoms with Crippen LogP contribution in [0.15, 0.2) is 170 Å². The van der Waals surface area contributed by atoms with Crippen LogP contribution in [0, 0.1) is 0 Å². The van der Waals surface area contributed by atoms with Gasteiger partial charge in [-0.2, -0.15) is 0 Å². The van der Waals surface area contributed by atoms with Crippen LogP contribution in [-0.4, -0.2) is 4.57 Å². The molecule has 2 heteroatoms. The molecule has 8 aromatic rings. The number of hydrogen-bond acceptors (Lipinski definition) is 1. The van der Waals surface area contributed by atoms with Crippen molar-refractivity contribution in [3.05, 3.63) is 170 Å². The van der Waals surface area contributed by atoms with Crippen LogP contribution in [-0.2, 0) is 0 Å². The Hall–Kier alpha value is -5.60. The zero-order valence-corrected chi connectivity index (χ0v) is 22.8. The number of rotatable bonds is 5. The molecule has 0 amide bonds. The number of para-hydroxylation sites is 3. The standard InChI is InChI=1S/C40H28N2/c1-3-16-32(17-4-1)41(38-24-12-14-29-13-7-8-21-35(29)38)34-20-11-15-30(27-34)31-25-26-40-37(28-31)36-22-9-10-23-39(36)42(40)33-18-5-2-6-19-33/h1-28H/i11D,15D,20D,27D. The summed E-state index contributed by atoms with van der Waals surface area (Å²) in [5, 5.41) is 4.05. The number of nitrogens with zero attached hydrogens (tertiary/aromatic N) is 2. The van der Waals surface area contributed by atoms with Gasteiger partial charge in [0.15, 0.2) is 0 Å². The molecule has 0 spiro atoms. The minimum atomic E-state index is -0.214. The normalized spacial score (nSPS) is 12.7. The lowest BCUT2D eigenvalue weighted by Crippen LogP contribution is -2.10. The van der Waals surface area contributed by atoms with Gasteiger partial charge >= 0.3 is 0 Å². The summed E-state index contributed by atoms with van der Waals surface area (Å²) in [5.74, 6) is 0. The molecule has 0 fully saturated rings. The largest absolute Gasteiger partial charge is 0.310 e. The summed E-state index contributed by atoms with van der Waals surface area (Å²) in [6, 6.07) is 47.7. The van der Waals surface area contributed by atoms with Gasteiger partial charge in [0.25, 0.3) is 0 Å². The zero-order valence-electron chi connectivity index (χ0n) is 26.8. The predicted octanol–water partition coefficient (Wildman–Crippen LogP) is 11.1. The number of benzene rings is 7. The first-order chi connectivity index (χ1) is 22.5. The molecule has 8 rings (SSSR count). The molecule has 198 valence electrons. The Morgan fingerprint density at radius 1 is 0.500 bits per heavy atom. The van der Waals surface area contributed by atoms with Crippen LogP contribution in [0.5, 0.6) is 0 Å². The first-order valence-electron chi connectivity index (χ1n) is 16.0. The fourth-order valence-electron chi connectivity index (χ4n) is 5.94. The Labute approximate surface area is 251 Å². The Bertz CT molecular complexity index is 2410. The van der Waals surface area contributed by atoms with Crippen molar-refractivity contribution in [3.8, 4) is 16.8 Å². The number of hydrogen-bond donors (Lipinski definition) is 0. The van der Waals surface area contributed by atoms with E-state index >= 15 is 0 Å². The van der Waals surface area contributed by atoms with Gasteiger partial charge in [0.2, 0.25) is 0 Å². The Kier molecular flexibility index (Phi) is 4.88. The molecule has 0 unspecified atom stereocenters. The van der Waals surface area contributed by atoms with E-state index < -0.39 is 0 Å². The maximum absolute atomic E-state index is 9.64. The SMILES string of the molecule is [2H]c1c([2H])c(-c2ccc3c(c2)c2ccccc2n3-c2ccccc2)c([2H])c(N(c2ccccc2)c2cccc3ccccc23)c1[2H]. The zero-order chi connectivity index (χ0) is 31.4. The van der Waals surface area contributed by atoms with Crippen molar-refractivity contribution in [2.75, 3.05) is 4.90 Å². The highest BCUT2D eigenvalue weighted by Crippen LogP contribution is 2.41. The minimum Gasteiger partial charge on any atom is -0.310 e. The Morgan fingerprint density at radius 3 is 2.05 bits per heavy atom. The highest BCUT2D eigenvalue weighted by Gasteiger charge is 2.17. The van der Waals surface area contributed by atoms with Crippen LogP contribution in [0.3, 0.4) is 0 Å². The van der Waals surface area contributed by atoms with Gasteiger partial charge in [-0.3, -0.25) is 0 Å². The third-order valence-corrected chi connectivity index (χ3v) is 7.83. The van der Waals surface area contributed by atoms with Crippen molar-refractivity contribution in [1.82, 2.24) is 4.57 Å². The maximum Gasteiger partial charge on any atom is 0.0651 e. The predicted molar refractivity (Wildman–Crippen MR) is 178 cm³/mol. The van der Waals surface area contributed by atoms with Gasteiger partial charge in [0.05, 0.1) is 22.2 Å². The van der Waals surface area contributed by atoms with E-state index in [1.54, 1.807) is 0 Å². The maximum atomic E-state index is 9.64. The number of aromatic nitrogens is 1. The lowest BCUT2D eigenvalue weighted by Gasteiger charge is -2.27. The van der Waals surface area contributed by atoms with Crippen LogP contribution in [0.4, 0.5) is 17.1 Å². The molecule has 0 saturated carbocycles. The quantitative estimate of drug-likeness (QED) is 0.211. The van der Waals surface area contributed by atoms with Crippen molar-refractivity contribution in [2.45, 2.75) is 0 Å². The lowest BCUT2D eigenvalue weighted by molar-refractivity contribution is 1.18. The molecule has 1 aromatic heterocycles. The second-order valence-corrected chi connectivity index (χ2v) is 10.3. The molecule has 0 atom stereocenters. The summed E-state index contributed by atoms with van der Waals surface area (Å²) in [4.78, 5) is 1.90. The van der Waals surface area contributed by atoms with Crippen LogP contribution in [0.25, 0.3) is 49.4 Å². The number of anilines is 3. The first-order valence-corrected chi connectivity index (χ1v) is 14.0. The molecule has 0 saturated heterocycles. The summed E-state index contributed by atoms with van der Waals surface area (Å²) < 4.78 is 39.0. The Morgan fingerprint density at radius 2 is 1.19 bits per heavy atom. The average Bonchev–Trinajstić information content (AvgIpc) is 3.44. The molecule has 0 radical (unpaired) electrons. The molecule has 0 aliphatic rings. The van der Waals surface area contributed by atoms with Crippen molar-refractivity contribution in [2.24, 2.45) is 0 Å². The summed E-state index contributed by atoms with van der Waals surface area (Å²) in [6.07, 6.45) is 0. The van der Waals surface area contributed by atoms with Gasteiger partial charge in [-0.15, -0.1) is 0 Å². The first kappa shape index (κ1) is 20.3. The molecule has 2 nitrogen and oxygen atoms in total. The molecule has 0 bridgehead atoms. The van der Waals surface area contributed by atoms with Crippen LogP contribution < -0.4 is 4.90 Å². The van der Waals surface area contributed by atoms with Crippen molar-refractivity contribution >= 4 is 49.6 Å². The average molecular weight is 541 g/mol. The van der Waals surface area contributed by atoms with E-state index in [9.17, 15) is 1.37 Å². The van der Waals surface area contributed by atoms with E-state index in [4.69, 9.17) is 4.11 Å². The molecular weight excluding hydrogens is 508 g/mol. The molecule has 0 aliphatic heterocycles. The third kappa shape index (κ3) is 4.05. The summed E-state index contributed by atoms with van der Waals surface area (Å²) in [6.45, 7) is 0. The van der Waals surface area contributed by atoms with E-state index in [-0.39, 0.29) is 29.9 Å². The van der Waals surface area contributed by atoms with Crippen LogP contribution in [0.2, 0.25) is 0 Å². The van der Waals surface area contributed by atoms with Gasteiger partial charge in [-0.25, -0.2) is 0 Å². The fraction of sp³-hybridized carbons (Fsp3) is 0. The molecular formula is C40H28N2. The molecule has 1 heterocycles. The van der Waals surface area contributed by atoms with Gasteiger partial charge in [-0.1, -0.05) is 109 Å². The fourth-order valence-corrected chi connectivity index (χ4v) is 5.94. The molecule has 0 aliphatic carbocycles. The van der Waals surface area contributed by atoms with E-state index in [2.05, 4.69) is 28.8 Å². The minimum absolute atomic E-state index is 0.0361. The van der Waals surface area contributed by atoms with Gasteiger partial charge in [0.1, 0.15) is 0 Å². The van der Waals surface area contributed by atoms with E-state index in [0.29, 0.717) is 11.1 Å². The van der Waals surface area contributed by atoms with Crippen molar-refractivity contribution in [3.63, 3.8) is 0 Å². The molecule has 7 aromatic carbocycles. The van der Waals surface area contributed by atoms with E-state index in [1.807, 2.05) is 126 Å². The van der Waals surface area contributed by atoms with Crippen molar-refractivity contribution in [1.29, 1.82) is 0 Å². The Balaban J connectivity index is 1.41. The topological polar surface area (TPSA) is 8.17 Å². The molecule has 0 N–H and O–H groups in total. The van der Waals surface area contributed by atoms with E-state index in [0.717, 1.165) is 49.6 Å². The number of fused-ring (bicyclic) bond motifs is 4. The highest BCUT2D eigenvalue weighted by atomic mass is 15.1. The van der Waals surface area contributed by atoms with Gasteiger partial charge < -0.3 is 9.47 Å². The lowest BCUT2D eigenvalue weighted by atomic mass is 10.0. The van der Waals surface area contributed by atoms with Crippen LogP contribution in [0.1, 0.15) is 5.48 Å². The smallest absolute Gasteiger partial charge is 0.0651 e. The van der Waals surface area contributed by atoms with Gasteiger partial charge in [-0.05, 0) is 77.1 Å². The summed E-state index contributed by atoms with van der Waals surface area (Å²) in [5.41, 5.74) is 5.96. The summed E-state index contributed by atoms with van der Waals surface area (Å²) in [7, 11) is 0. The highest BCUT2D eigenvalue weighted by molar-refractivity contribution is 6.10. The van der Waals surface area contributed by atoms with E-state index in [1.165, 1.54) is 0 Å². The second kappa shape index (κ2) is 10.1. The van der Waals surface area contributed by atoms with Gasteiger partial charge in [0, 0.05) is 33.2 Å². The second-order valence-electron chi connectivity index (χ2n) is 10.3. The van der Waals surface area contributed by atoms with Crippen molar-refractivity contribution < 1.29 is 5.48 Å².